The Balaban J connectivity index is 1.94. The van der Waals surface area contributed by atoms with Crippen molar-refractivity contribution in [2.24, 2.45) is 5.73 Å². The van der Waals surface area contributed by atoms with Gasteiger partial charge in [0, 0.05) is 23.2 Å². The van der Waals surface area contributed by atoms with Crippen LogP contribution in [0.1, 0.15) is 31.6 Å². The van der Waals surface area contributed by atoms with Crippen LogP contribution in [0, 0.1) is 0 Å². The summed E-state index contributed by atoms with van der Waals surface area (Å²) < 4.78 is 5.35. The van der Waals surface area contributed by atoms with Crippen LogP contribution in [0.25, 0.3) is 22.2 Å². The molecule has 1 aromatic carbocycles. The van der Waals surface area contributed by atoms with Gasteiger partial charge in [-0.1, -0.05) is 30.6 Å². The molecule has 0 bridgehead atoms. The highest BCUT2D eigenvalue weighted by atomic mass is 16.5. The van der Waals surface area contributed by atoms with E-state index < -0.39 is 0 Å². The third-order valence-electron chi connectivity index (χ3n) is 3.39. The van der Waals surface area contributed by atoms with Crippen molar-refractivity contribution in [3.63, 3.8) is 0 Å². The first kappa shape index (κ1) is 12.8. The molecule has 1 unspecified atom stereocenters. The molecule has 0 saturated carbocycles. The molecule has 0 aliphatic heterocycles. The van der Waals surface area contributed by atoms with Crippen LogP contribution in [-0.4, -0.2) is 10.1 Å². The summed E-state index contributed by atoms with van der Waals surface area (Å²) in [6.07, 6.45) is 3.72. The van der Waals surface area contributed by atoms with Gasteiger partial charge in [0.25, 0.3) is 0 Å². The van der Waals surface area contributed by atoms with E-state index in [4.69, 9.17) is 10.3 Å². The van der Waals surface area contributed by atoms with Crippen molar-refractivity contribution in [1.29, 1.82) is 0 Å². The Labute approximate surface area is 117 Å². The Bertz CT molecular complexity index is 720. The maximum atomic E-state index is 6.04. The molecule has 2 N–H and O–H groups in total. The largest absolute Gasteiger partial charge is 0.359 e. The first-order chi connectivity index (χ1) is 9.78. The predicted molar refractivity (Wildman–Crippen MR) is 79.1 cm³/mol. The fourth-order valence-electron chi connectivity index (χ4n) is 2.29. The van der Waals surface area contributed by atoms with E-state index in [1.54, 1.807) is 6.20 Å². The first-order valence-electron chi connectivity index (χ1n) is 6.85. The van der Waals surface area contributed by atoms with Gasteiger partial charge in [-0.05, 0) is 24.6 Å². The van der Waals surface area contributed by atoms with Gasteiger partial charge >= 0.3 is 0 Å². The fourth-order valence-corrected chi connectivity index (χ4v) is 2.29. The zero-order valence-corrected chi connectivity index (χ0v) is 11.4. The van der Waals surface area contributed by atoms with E-state index in [9.17, 15) is 0 Å². The molecule has 2 aromatic heterocycles. The average Bonchev–Trinajstić information content (AvgIpc) is 2.97. The van der Waals surface area contributed by atoms with Crippen molar-refractivity contribution < 1.29 is 4.52 Å². The third-order valence-corrected chi connectivity index (χ3v) is 3.39. The monoisotopic (exact) mass is 267 g/mol. The van der Waals surface area contributed by atoms with Crippen LogP contribution < -0.4 is 5.73 Å². The minimum Gasteiger partial charge on any atom is -0.359 e. The van der Waals surface area contributed by atoms with E-state index in [0.29, 0.717) is 0 Å². The highest BCUT2D eigenvalue weighted by molar-refractivity contribution is 5.83. The zero-order valence-electron chi connectivity index (χ0n) is 11.4. The number of aromatic nitrogens is 2. The Kier molecular flexibility index (Phi) is 3.48. The molecule has 4 heteroatoms. The van der Waals surface area contributed by atoms with Crippen LogP contribution in [0.4, 0.5) is 0 Å². The van der Waals surface area contributed by atoms with Crippen LogP contribution in [0.3, 0.4) is 0 Å². The normalized spacial score (nSPS) is 12.7. The SMILES string of the molecule is CCCC(N)c1cc(-c2ccc3ncccc3c2)no1. The number of fused-ring (bicyclic) bond motifs is 1. The van der Waals surface area contributed by atoms with Gasteiger partial charge in [0.05, 0.1) is 11.6 Å². The van der Waals surface area contributed by atoms with Gasteiger partial charge in [-0.15, -0.1) is 0 Å². The third kappa shape index (κ3) is 2.42. The molecule has 4 nitrogen and oxygen atoms in total. The lowest BCUT2D eigenvalue weighted by molar-refractivity contribution is 0.356. The van der Waals surface area contributed by atoms with E-state index in [1.165, 1.54) is 0 Å². The highest BCUT2D eigenvalue weighted by Gasteiger charge is 2.13. The quantitative estimate of drug-likeness (QED) is 0.783. The molecule has 2 heterocycles. The summed E-state index contributed by atoms with van der Waals surface area (Å²) in [5, 5.41) is 5.21. The molecule has 0 spiro atoms. The zero-order chi connectivity index (χ0) is 13.9. The molecule has 0 fully saturated rings. The molecule has 20 heavy (non-hydrogen) atoms. The van der Waals surface area contributed by atoms with Gasteiger partial charge in [-0.3, -0.25) is 4.98 Å². The molecule has 0 aliphatic carbocycles. The molecule has 0 amide bonds. The summed E-state index contributed by atoms with van der Waals surface area (Å²) in [6, 6.07) is 11.9. The lowest BCUT2D eigenvalue weighted by Gasteiger charge is -2.03. The predicted octanol–water partition coefficient (Wildman–Crippen LogP) is 3.69. The Morgan fingerprint density at radius 3 is 3.00 bits per heavy atom. The number of hydrogen-bond donors (Lipinski definition) is 1. The van der Waals surface area contributed by atoms with Crippen molar-refractivity contribution >= 4 is 10.9 Å². The summed E-state index contributed by atoms with van der Waals surface area (Å²) in [6.45, 7) is 2.10. The lowest BCUT2D eigenvalue weighted by Crippen LogP contribution is -2.08. The van der Waals surface area contributed by atoms with Gasteiger partial charge in [-0.25, -0.2) is 0 Å². The van der Waals surface area contributed by atoms with Crippen LogP contribution in [0.5, 0.6) is 0 Å². The van der Waals surface area contributed by atoms with E-state index in [2.05, 4.69) is 23.1 Å². The van der Waals surface area contributed by atoms with Gasteiger partial charge < -0.3 is 10.3 Å². The number of pyridine rings is 1. The lowest BCUT2D eigenvalue weighted by atomic mass is 10.1. The van der Waals surface area contributed by atoms with Gasteiger partial charge in [-0.2, -0.15) is 0 Å². The number of nitrogens with zero attached hydrogens (tertiary/aromatic N) is 2. The van der Waals surface area contributed by atoms with E-state index in [0.717, 1.165) is 40.8 Å². The van der Waals surface area contributed by atoms with E-state index in [-0.39, 0.29) is 6.04 Å². The highest BCUT2D eigenvalue weighted by Crippen LogP contribution is 2.25. The molecule has 0 saturated heterocycles. The topological polar surface area (TPSA) is 64.9 Å². The van der Waals surface area contributed by atoms with Crippen molar-refractivity contribution in [3.8, 4) is 11.3 Å². The Morgan fingerprint density at radius 1 is 1.25 bits per heavy atom. The van der Waals surface area contributed by atoms with E-state index in [1.807, 2.05) is 30.3 Å². The standard InChI is InChI=1S/C16H17N3O/c1-2-4-13(17)16-10-15(19-20-16)12-6-7-14-11(9-12)5-3-8-18-14/h3,5-10,13H,2,4,17H2,1H3. The van der Waals surface area contributed by atoms with Crippen LogP contribution in [-0.2, 0) is 0 Å². The smallest absolute Gasteiger partial charge is 0.154 e. The van der Waals surface area contributed by atoms with Gasteiger partial charge in [0.2, 0.25) is 0 Å². The Morgan fingerprint density at radius 2 is 2.15 bits per heavy atom. The molecule has 3 rings (SSSR count). The maximum Gasteiger partial charge on any atom is 0.154 e. The minimum absolute atomic E-state index is 0.0802. The summed E-state index contributed by atoms with van der Waals surface area (Å²) in [5.41, 5.74) is 8.85. The molecule has 102 valence electrons. The van der Waals surface area contributed by atoms with Crippen LogP contribution in [0.2, 0.25) is 0 Å². The molecule has 0 aliphatic rings. The number of nitrogens with two attached hydrogens (primary N) is 1. The second-order valence-corrected chi connectivity index (χ2v) is 4.92. The second-order valence-electron chi connectivity index (χ2n) is 4.92. The Hall–Kier alpha value is -2.20. The van der Waals surface area contributed by atoms with Crippen molar-refractivity contribution in [3.05, 3.63) is 48.4 Å². The fraction of sp³-hybridized carbons (Fsp3) is 0.250. The second kappa shape index (κ2) is 5.43. The van der Waals surface area contributed by atoms with Crippen LogP contribution in [0.15, 0.2) is 47.1 Å². The van der Waals surface area contributed by atoms with E-state index >= 15 is 0 Å². The number of hydrogen-bond acceptors (Lipinski definition) is 4. The molecular weight excluding hydrogens is 250 g/mol. The maximum absolute atomic E-state index is 6.04. The van der Waals surface area contributed by atoms with Gasteiger partial charge in [0.15, 0.2) is 5.76 Å². The number of rotatable bonds is 4. The van der Waals surface area contributed by atoms with Gasteiger partial charge in [0.1, 0.15) is 5.69 Å². The first-order valence-corrected chi connectivity index (χ1v) is 6.85. The minimum atomic E-state index is -0.0802. The van der Waals surface area contributed by atoms with Crippen LogP contribution >= 0.6 is 0 Å². The molecule has 1 atom stereocenters. The van der Waals surface area contributed by atoms with Crippen molar-refractivity contribution in [1.82, 2.24) is 10.1 Å². The summed E-state index contributed by atoms with van der Waals surface area (Å²) in [7, 11) is 0. The molecule has 0 radical (unpaired) electrons. The average molecular weight is 267 g/mol. The van der Waals surface area contributed by atoms with Crippen molar-refractivity contribution in [2.75, 3.05) is 0 Å². The van der Waals surface area contributed by atoms with Crippen molar-refractivity contribution in [2.45, 2.75) is 25.8 Å². The number of benzene rings is 1. The molecule has 3 aromatic rings. The molecular formula is C16H17N3O. The summed E-state index contributed by atoms with van der Waals surface area (Å²) in [5.74, 6) is 0.744. The summed E-state index contributed by atoms with van der Waals surface area (Å²) >= 11 is 0. The summed E-state index contributed by atoms with van der Waals surface area (Å²) in [4.78, 5) is 4.31.